The summed E-state index contributed by atoms with van der Waals surface area (Å²) >= 11 is 12.0. The normalized spacial score (nSPS) is 19.5. The third-order valence-corrected chi connectivity index (χ3v) is 3.72. The van der Waals surface area contributed by atoms with Gasteiger partial charge >= 0.3 is 0 Å². The van der Waals surface area contributed by atoms with Gasteiger partial charge < -0.3 is 20.9 Å². The SMILES string of the molecule is Nc1cc(Cl)c(NC(=O)CN2CCOC(CO)C2)c(Cl)c1. The lowest BCUT2D eigenvalue weighted by Gasteiger charge is -2.31. The van der Waals surface area contributed by atoms with Crippen LogP contribution in [0.15, 0.2) is 12.1 Å². The Balaban J connectivity index is 1.96. The average Bonchev–Trinajstić information content (AvgIpc) is 2.43. The van der Waals surface area contributed by atoms with Crippen molar-refractivity contribution in [3.63, 3.8) is 0 Å². The number of rotatable bonds is 4. The molecular weight excluding hydrogens is 317 g/mol. The van der Waals surface area contributed by atoms with E-state index in [4.69, 9.17) is 38.8 Å². The minimum Gasteiger partial charge on any atom is -0.399 e. The van der Waals surface area contributed by atoms with Gasteiger partial charge in [0.25, 0.3) is 0 Å². The zero-order valence-electron chi connectivity index (χ0n) is 11.3. The molecule has 116 valence electrons. The van der Waals surface area contributed by atoms with E-state index < -0.39 is 0 Å². The summed E-state index contributed by atoms with van der Waals surface area (Å²) in [6.07, 6.45) is -0.254. The van der Waals surface area contributed by atoms with Crippen LogP contribution in [0.3, 0.4) is 0 Å². The Morgan fingerprint density at radius 2 is 2.14 bits per heavy atom. The number of carbonyl (C=O) groups is 1. The Hall–Kier alpha value is -1.05. The summed E-state index contributed by atoms with van der Waals surface area (Å²) in [6.45, 7) is 1.74. The van der Waals surface area contributed by atoms with Crippen molar-refractivity contribution in [2.45, 2.75) is 6.10 Å². The molecule has 2 rings (SSSR count). The number of hydrogen-bond acceptors (Lipinski definition) is 5. The van der Waals surface area contributed by atoms with Gasteiger partial charge in [0.2, 0.25) is 5.91 Å². The molecule has 1 saturated heterocycles. The van der Waals surface area contributed by atoms with Gasteiger partial charge in [-0.25, -0.2) is 0 Å². The van der Waals surface area contributed by atoms with Crippen molar-refractivity contribution in [3.8, 4) is 0 Å². The molecule has 21 heavy (non-hydrogen) atoms. The van der Waals surface area contributed by atoms with Gasteiger partial charge in [0.1, 0.15) is 0 Å². The topological polar surface area (TPSA) is 87.8 Å². The monoisotopic (exact) mass is 333 g/mol. The predicted octanol–water partition coefficient (Wildman–Crippen LogP) is 1.21. The zero-order valence-corrected chi connectivity index (χ0v) is 12.8. The molecule has 8 heteroatoms. The average molecular weight is 334 g/mol. The van der Waals surface area contributed by atoms with Crippen LogP contribution in [0.25, 0.3) is 0 Å². The number of anilines is 2. The van der Waals surface area contributed by atoms with E-state index in [1.54, 1.807) is 0 Å². The second-order valence-corrected chi connectivity index (χ2v) is 5.63. The Morgan fingerprint density at radius 1 is 1.48 bits per heavy atom. The molecule has 1 aromatic rings. The van der Waals surface area contributed by atoms with Crippen molar-refractivity contribution in [3.05, 3.63) is 22.2 Å². The van der Waals surface area contributed by atoms with Gasteiger partial charge in [-0.3, -0.25) is 9.69 Å². The van der Waals surface area contributed by atoms with Crippen molar-refractivity contribution in [1.29, 1.82) is 0 Å². The molecule has 1 fully saturated rings. The minimum absolute atomic E-state index is 0.0618. The number of carbonyl (C=O) groups excluding carboxylic acids is 1. The summed E-state index contributed by atoms with van der Waals surface area (Å²) in [4.78, 5) is 14.0. The second-order valence-electron chi connectivity index (χ2n) is 4.82. The zero-order chi connectivity index (χ0) is 15.4. The number of amides is 1. The van der Waals surface area contributed by atoms with E-state index >= 15 is 0 Å². The van der Waals surface area contributed by atoms with Crippen molar-refractivity contribution in [1.82, 2.24) is 4.90 Å². The first-order valence-corrected chi connectivity index (χ1v) is 7.24. The molecule has 1 atom stereocenters. The summed E-state index contributed by atoms with van der Waals surface area (Å²) in [5, 5.41) is 12.4. The fraction of sp³-hybridized carbons (Fsp3) is 0.462. The number of nitrogens with zero attached hydrogens (tertiary/aromatic N) is 1. The number of nitrogens with one attached hydrogen (secondary N) is 1. The Labute approximate surface area is 132 Å². The van der Waals surface area contributed by atoms with Crippen molar-refractivity contribution in [2.24, 2.45) is 0 Å². The molecule has 0 bridgehead atoms. The van der Waals surface area contributed by atoms with Gasteiger partial charge in [-0.15, -0.1) is 0 Å². The van der Waals surface area contributed by atoms with Crippen LogP contribution in [-0.4, -0.2) is 54.9 Å². The molecule has 0 saturated carbocycles. The van der Waals surface area contributed by atoms with E-state index in [1.807, 2.05) is 4.90 Å². The highest BCUT2D eigenvalue weighted by Crippen LogP contribution is 2.32. The second kappa shape index (κ2) is 7.29. The van der Waals surface area contributed by atoms with Crippen molar-refractivity contribution >= 4 is 40.5 Å². The molecule has 1 aromatic carbocycles. The fourth-order valence-corrected chi connectivity index (χ4v) is 2.73. The highest BCUT2D eigenvalue weighted by atomic mass is 35.5. The van der Waals surface area contributed by atoms with Gasteiger partial charge in [0.05, 0.1) is 41.6 Å². The summed E-state index contributed by atoms with van der Waals surface area (Å²) in [6, 6.07) is 3.05. The van der Waals surface area contributed by atoms with E-state index in [9.17, 15) is 4.79 Å². The van der Waals surface area contributed by atoms with Gasteiger partial charge in [-0.2, -0.15) is 0 Å². The van der Waals surface area contributed by atoms with Gasteiger partial charge in [0, 0.05) is 18.8 Å². The molecule has 1 aliphatic heterocycles. The fourth-order valence-electron chi connectivity index (χ4n) is 2.13. The molecule has 4 N–H and O–H groups in total. The molecule has 0 radical (unpaired) electrons. The Kier molecular flexibility index (Phi) is 5.66. The Morgan fingerprint density at radius 3 is 2.76 bits per heavy atom. The maximum atomic E-state index is 12.1. The highest BCUT2D eigenvalue weighted by molar-refractivity contribution is 6.40. The molecular formula is C13H17Cl2N3O3. The third kappa shape index (κ3) is 4.46. The first-order chi connectivity index (χ1) is 9.99. The number of nitrogens with two attached hydrogens (primary N) is 1. The maximum absolute atomic E-state index is 12.1. The smallest absolute Gasteiger partial charge is 0.238 e. The van der Waals surface area contributed by atoms with Crippen molar-refractivity contribution in [2.75, 3.05) is 43.9 Å². The van der Waals surface area contributed by atoms with Crippen LogP contribution in [0.5, 0.6) is 0 Å². The van der Waals surface area contributed by atoms with Crippen LogP contribution in [0, 0.1) is 0 Å². The van der Waals surface area contributed by atoms with Crippen LogP contribution < -0.4 is 11.1 Å². The molecule has 1 amide bonds. The number of aliphatic hydroxyl groups excluding tert-OH is 1. The van der Waals surface area contributed by atoms with Crippen LogP contribution in [0.4, 0.5) is 11.4 Å². The molecule has 0 aromatic heterocycles. The van der Waals surface area contributed by atoms with Crippen molar-refractivity contribution < 1.29 is 14.6 Å². The van der Waals surface area contributed by atoms with Gasteiger partial charge in [0.15, 0.2) is 0 Å². The van der Waals surface area contributed by atoms with E-state index in [-0.39, 0.29) is 25.2 Å². The summed E-state index contributed by atoms with van der Waals surface area (Å²) in [5.41, 5.74) is 6.40. The number of benzene rings is 1. The summed E-state index contributed by atoms with van der Waals surface area (Å²) < 4.78 is 5.33. The molecule has 1 unspecified atom stereocenters. The first-order valence-electron chi connectivity index (χ1n) is 6.48. The molecule has 1 aliphatic rings. The lowest BCUT2D eigenvalue weighted by Crippen LogP contribution is -2.46. The third-order valence-electron chi connectivity index (χ3n) is 3.12. The van der Waals surface area contributed by atoms with Gasteiger partial charge in [-0.05, 0) is 12.1 Å². The van der Waals surface area contributed by atoms with Crippen LogP contribution >= 0.6 is 23.2 Å². The minimum atomic E-state index is -0.254. The predicted molar refractivity (Wildman–Crippen MR) is 82.8 cm³/mol. The van der Waals surface area contributed by atoms with E-state index in [0.29, 0.717) is 41.1 Å². The van der Waals surface area contributed by atoms with Crippen LogP contribution in [0.2, 0.25) is 10.0 Å². The number of halogens is 2. The molecule has 0 spiro atoms. The van der Waals surface area contributed by atoms with E-state index in [2.05, 4.69) is 5.32 Å². The number of morpholine rings is 1. The summed E-state index contributed by atoms with van der Waals surface area (Å²) in [7, 11) is 0. The van der Waals surface area contributed by atoms with Crippen LogP contribution in [-0.2, 0) is 9.53 Å². The summed E-state index contributed by atoms with van der Waals surface area (Å²) in [5.74, 6) is -0.234. The highest BCUT2D eigenvalue weighted by Gasteiger charge is 2.22. The molecule has 0 aliphatic carbocycles. The maximum Gasteiger partial charge on any atom is 0.238 e. The number of ether oxygens (including phenoxy) is 1. The van der Waals surface area contributed by atoms with Gasteiger partial charge in [-0.1, -0.05) is 23.2 Å². The van der Waals surface area contributed by atoms with E-state index in [0.717, 1.165) is 0 Å². The standard InChI is InChI=1S/C13H17Cl2N3O3/c14-10-3-8(16)4-11(15)13(10)17-12(20)6-18-1-2-21-9(5-18)7-19/h3-4,9,19H,1-2,5-7,16H2,(H,17,20). The number of nitrogen functional groups attached to an aromatic ring is 1. The number of aliphatic hydroxyl groups is 1. The van der Waals surface area contributed by atoms with E-state index in [1.165, 1.54) is 12.1 Å². The number of hydrogen-bond donors (Lipinski definition) is 3. The lowest BCUT2D eigenvalue weighted by atomic mass is 10.2. The molecule has 1 heterocycles. The largest absolute Gasteiger partial charge is 0.399 e. The quantitative estimate of drug-likeness (QED) is 0.721. The molecule has 6 nitrogen and oxygen atoms in total. The Bertz CT molecular complexity index is 504. The van der Waals surface area contributed by atoms with Crippen LogP contribution in [0.1, 0.15) is 0 Å². The lowest BCUT2D eigenvalue weighted by molar-refractivity contribution is -0.120. The first kappa shape index (κ1) is 16.3.